The molecule has 1 N–H and O–H groups in total. The molecule has 82 valence electrons. The molecule has 0 atom stereocenters. The molecule has 1 aromatic heterocycles. The summed E-state index contributed by atoms with van der Waals surface area (Å²) >= 11 is 0. The van der Waals surface area contributed by atoms with Crippen LogP contribution in [0.4, 0.5) is 0 Å². The number of hydrogen-bond donors (Lipinski definition) is 1. The quantitative estimate of drug-likeness (QED) is 0.487. The molecule has 0 amide bonds. The molecular formula is C11H21ClN2. The maximum absolute atomic E-state index is 3.26. The number of nitrogens with one attached hydrogen (secondary N) is 1. The number of nitrogens with zero attached hydrogens (tertiary/aromatic N) is 1. The van der Waals surface area contributed by atoms with Crippen LogP contribution in [0.2, 0.25) is 0 Å². The number of aryl methyl sites for hydroxylation is 2. The molecule has 0 spiro atoms. The first kappa shape index (κ1) is 13.5. The standard InChI is InChI=1S/C11H20N2.ClH/c1-3-5-6-7-9-13-10-8-12-11(13)4-2;/h8,10H,3-7,9H2,1-2H3;1H. The summed E-state index contributed by atoms with van der Waals surface area (Å²) in [5.74, 6) is 1.34. The van der Waals surface area contributed by atoms with Crippen LogP contribution in [-0.4, -0.2) is 4.98 Å². The molecule has 0 saturated carbocycles. The summed E-state index contributed by atoms with van der Waals surface area (Å²) < 4.78 is 2.33. The average molecular weight is 217 g/mol. The summed E-state index contributed by atoms with van der Waals surface area (Å²) in [6.07, 6.45) is 10.6. The molecule has 0 fully saturated rings. The summed E-state index contributed by atoms with van der Waals surface area (Å²) in [5.41, 5.74) is 0. The van der Waals surface area contributed by atoms with E-state index in [1.807, 2.05) is 6.20 Å². The zero-order valence-corrected chi connectivity index (χ0v) is 9.98. The highest BCUT2D eigenvalue weighted by Crippen LogP contribution is 1.99. The number of rotatable bonds is 6. The normalized spacial score (nSPS) is 9.86. The highest BCUT2D eigenvalue weighted by Gasteiger charge is 2.05. The molecule has 0 unspecified atom stereocenters. The van der Waals surface area contributed by atoms with Crippen molar-refractivity contribution in [1.29, 1.82) is 0 Å². The third kappa shape index (κ3) is 4.14. The summed E-state index contributed by atoms with van der Waals surface area (Å²) in [6, 6.07) is 0. The van der Waals surface area contributed by atoms with Gasteiger partial charge in [-0.05, 0) is 12.8 Å². The van der Waals surface area contributed by atoms with E-state index in [1.54, 1.807) is 0 Å². The van der Waals surface area contributed by atoms with E-state index >= 15 is 0 Å². The van der Waals surface area contributed by atoms with E-state index in [0.717, 1.165) is 6.42 Å². The highest BCUT2D eigenvalue weighted by molar-refractivity contribution is 4.75. The van der Waals surface area contributed by atoms with Crippen molar-refractivity contribution in [1.82, 2.24) is 4.98 Å². The summed E-state index contributed by atoms with van der Waals surface area (Å²) in [5, 5.41) is 0. The molecule has 3 heteroatoms. The number of hydrogen-bond acceptors (Lipinski definition) is 0. The lowest BCUT2D eigenvalue weighted by molar-refractivity contribution is -0.703. The van der Waals surface area contributed by atoms with Crippen LogP contribution in [-0.2, 0) is 13.0 Å². The SMILES string of the molecule is CCCCCC[n+]1cc[nH]c1CC.[Cl-]. The fraction of sp³-hybridized carbons (Fsp3) is 0.727. The first-order valence-electron chi connectivity index (χ1n) is 5.44. The summed E-state index contributed by atoms with van der Waals surface area (Å²) in [6.45, 7) is 5.61. The Morgan fingerprint density at radius 2 is 2.00 bits per heavy atom. The van der Waals surface area contributed by atoms with Crippen molar-refractivity contribution >= 4 is 0 Å². The van der Waals surface area contributed by atoms with Crippen LogP contribution in [0.5, 0.6) is 0 Å². The Hall–Kier alpha value is -0.500. The molecule has 1 heterocycles. The smallest absolute Gasteiger partial charge is 0.253 e. The third-order valence-electron chi connectivity index (χ3n) is 2.44. The van der Waals surface area contributed by atoms with Gasteiger partial charge in [-0.2, -0.15) is 0 Å². The molecule has 14 heavy (non-hydrogen) atoms. The molecule has 2 nitrogen and oxygen atoms in total. The van der Waals surface area contributed by atoms with Crippen LogP contribution in [0.3, 0.4) is 0 Å². The minimum atomic E-state index is 0. The van der Waals surface area contributed by atoms with Gasteiger partial charge in [0.1, 0.15) is 12.4 Å². The predicted molar refractivity (Wildman–Crippen MR) is 54.5 cm³/mol. The first-order valence-corrected chi connectivity index (χ1v) is 5.44. The van der Waals surface area contributed by atoms with Gasteiger partial charge in [-0.15, -0.1) is 0 Å². The van der Waals surface area contributed by atoms with Gasteiger partial charge in [0, 0.05) is 6.42 Å². The minimum Gasteiger partial charge on any atom is -1.00 e. The van der Waals surface area contributed by atoms with Crippen LogP contribution in [0.1, 0.15) is 45.4 Å². The molecule has 1 aromatic rings. The Balaban J connectivity index is 0.00000169. The van der Waals surface area contributed by atoms with Crippen LogP contribution >= 0.6 is 0 Å². The molecule has 0 aliphatic heterocycles. The topological polar surface area (TPSA) is 19.7 Å². The van der Waals surface area contributed by atoms with Crippen molar-refractivity contribution in [2.75, 3.05) is 0 Å². The molecular weight excluding hydrogens is 196 g/mol. The van der Waals surface area contributed by atoms with E-state index in [2.05, 4.69) is 29.6 Å². The van der Waals surface area contributed by atoms with Crippen molar-refractivity contribution in [3.05, 3.63) is 18.2 Å². The van der Waals surface area contributed by atoms with Crippen molar-refractivity contribution in [3.63, 3.8) is 0 Å². The second-order valence-corrected chi connectivity index (χ2v) is 3.51. The van der Waals surface area contributed by atoms with E-state index in [0.29, 0.717) is 0 Å². The number of H-pyrrole nitrogens is 1. The monoisotopic (exact) mass is 216 g/mol. The zero-order valence-electron chi connectivity index (χ0n) is 9.22. The Kier molecular flexibility index (Phi) is 7.58. The van der Waals surface area contributed by atoms with Crippen molar-refractivity contribution < 1.29 is 17.0 Å². The molecule has 1 rings (SSSR count). The highest BCUT2D eigenvalue weighted by atomic mass is 35.5. The number of unbranched alkanes of at least 4 members (excludes halogenated alkanes) is 3. The Morgan fingerprint density at radius 3 is 2.64 bits per heavy atom. The van der Waals surface area contributed by atoms with Crippen LogP contribution in [0, 0.1) is 0 Å². The van der Waals surface area contributed by atoms with E-state index in [9.17, 15) is 0 Å². The van der Waals surface area contributed by atoms with Gasteiger partial charge in [-0.1, -0.05) is 26.7 Å². The van der Waals surface area contributed by atoms with E-state index in [4.69, 9.17) is 0 Å². The van der Waals surface area contributed by atoms with E-state index < -0.39 is 0 Å². The second-order valence-electron chi connectivity index (χ2n) is 3.51. The lowest BCUT2D eigenvalue weighted by atomic mass is 10.2. The van der Waals surface area contributed by atoms with E-state index in [1.165, 1.54) is 38.1 Å². The van der Waals surface area contributed by atoms with Gasteiger partial charge >= 0.3 is 0 Å². The molecule has 0 radical (unpaired) electrons. The molecule has 0 bridgehead atoms. The largest absolute Gasteiger partial charge is 1.00 e. The van der Waals surface area contributed by atoms with E-state index in [-0.39, 0.29) is 12.4 Å². The Morgan fingerprint density at radius 1 is 1.21 bits per heavy atom. The number of aromatic nitrogens is 2. The molecule has 0 aliphatic carbocycles. The first-order chi connectivity index (χ1) is 6.38. The fourth-order valence-corrected chi connectivity index (χ4v) is 1.62. The number of aromatic amines is 1. The van der Waals surface area contributed by atoms with Crippen molar-refractivity contribution in [2.45, 2.75) is 52.5 Å². The number of halogens is 1. The van der Waals surface area contributed by atoms with Gasteiger partial charge < -0.3 is 12.4 Å². The van der Waals surface area contributed by atoms with Gasteiger partial charge in [-0.25, -0.2) is 9.55 Å². The predicted octanol–water partition coefficient (Wildman–Crippen LogP) is -0.551. The van der Waals surface area contributed by atoms with Gasteiger partial charge in [0.05, 0.1) is 6.54 Å². The maximum atomic E-state index is 3.26. The van der Waals surface area contributed by atoms with Gasteiger partial charge in [-0.3, -0.25) is 0 Å². The Bertz CT molecular complexity index is 233. The minimum absolute atomic E-state index is 0. The fourth-order valence-electron chi connectivity index (χ4n) is 1.62. The van der Waals surface area contributed by atoms with Crippen molar-refractivity contribution in [2.24, 2.45) is 0 Å². The van der Waals surface area contributed by atoms with Gasteiger partial charge in [0.15, 0.2) is 0 Å². The molecule has 0 saturated heterocycles. The molecule has 0 aliphatic rings. The lowest BCUT2D eigenvalue weighted by Crippen LogP contribution is -3.00. The lowest BCUT2D eigenvalue weighted by Gasteiger charge is -1.98. The molecule has 0 aromatic carbocycles. The van der Waals surface area contributed by atoms with Crippen LogP contribution in [0.15, 0.2) is 12.4 Å². The van der Waals surface area contributed by atoms with Crippen LogP contribution in [0.25, 0.3) is 0 Å². The van der Waals surface area contributed by atoms with Gasteiger partial charge in [0.2, 0.25) is 0 Å². The zero-order chi connectivity index (χ0) is 9.52. The summed E-state index contributed by atoms with van der Waals surface area (Å²) in [4.78, 5) is 3.26. The van der Waals surface area contributed by atoms with Gasteiger partial charge in [0.25, 0.3) is 5.82 Å². The Labute approximate surface area is 93.1 Å². The van der Waals surface area contributed by atoms with Crippen LogP contribution < -0.4 is 17.0 Å². The summed E-state index contributed by atoms with van der Waals surface area (Å²) in [7, 11) is 0. The number of imidazole rings is 1. The van der Waals surface area contributed by atoms with Crippen molar-refractivity contribution in [3.8, 4) is 0 Å². The maximum Gasteiger partial charge on any atom is 0.253 e. The second kappa shape index (κ2) is 7.86. The average Bonchev–Trinajstić information content (AvgIpc) is 2.60. The third-order valence-corrected chi connectivity index (χ3v) is 2.44.